The average molecular weight is 234 g/mol. The first kappa shape index (κ1) is 12.0. The first-order valence-corrected chi connectivity index (χ1v) is 6.05. The summed E-state index contributed by atoms with van der Waals surface area (Å²) in [5, 5.41) is 12.2. The van der Waals surface area contributed by atoms with Gasteiger partial charge in [0.1, 0.15) is 5.69 Å². The van der Waals surface area contributed by atoms with Gasteiger partial charge < -0.3 is 10.4 Å². The molecular formula is C13H18N2O2. The fourth-order valence-corrected chi connectivity index (χ4v) is 2.41. The van der Waals surface area contributed by atoms with Gasteiger partial charge in [-0.3, -0.25) is 9.78 Å². The minimum absolute atomic E-state index is 0.0916. The lowest BCUT2D eigenvalue weighted by Crippen LogP contribution is -2.39. The SMILES string of the molecule is Cc1cccnc1C(=O)NC1CCCC1CO. The Kier molecular flexibility index (Phi) is 3.74. The molecule has 1 amide bonds. The standard InChI is InChI=1S/C13H18N2O2/c1-9-4-3-7-14-12(9)13(17)15-11-6-2-5-10(11)8-16/h3-4,7,10-11,16H,2,5-6,8H2,1H3,(H,15,17). The highest BCUT2D eigenvalue weighted by Crippen LogP contribution is 2.25. The van der Waals surface area contributed by atoms with Crippen molar-refractivity contribution in [3.05, 3.63) is 29.6 Å². The van der Waals surface area contributed by atoms with E-state index in [4.69, 9.17) is 0 Å². The molecule has 1 aromatic rings. The largest absolute Gasteiger partial charge is 0.396 e. The van der Waals surface area contributed by atoms with E-state index in [0.717, 1.165) is 24.8 Å². The Hall–Kier alpha value is -1.42. The Morgan fingerprint density at radius 2 is 2.41 bits per heavy atom. The number of aromatic nitrogens is 1. The van der Waals surface area contributed by atoms with Gasteiger partial charge in [0.2, 0.25) is 0 Å². The van der Waals surface area contributed by atoms with Crippen LogP contribution in [0.3, 0.4) is 0 Å². The van der Waals surface area contributed by atoms with Crippen LogP contribution in [0.25, 0.3) is 0 Å². The van der Waals surface area contributed by atoms with Crippen LogP contribution in [0.2, 0.25) is 0 Å². The van der Waals surface area contributed by atoms with Crippen molar-refractivity contribution >= 4 is 5.91 Å². The van der Waals surface area contributed by atoms with Crippen molar-refractivity contribution in [2.75, 3.05) is 6.61 Å². The molecule has 1 heterocycles. The van der Waals surface area contributed by atoms with Crippen molar-refractivity contribution in [3.63, 3.8) is 0 Å². The zero-order valence-corrected chi connectivity index (χ0v) is 10.0. The molecule has 4 nitrogen and oxygen atoms in total. The van der Waals surface area contributed by atoms with E-state index in [1.807, 2.05) is 19.1 Å². The molecule has 1 saturated carbocycles. The van der Waals surface area contributed by atoms with Crippen LogP contribution in [0, 0.1) is 12.8 Å². The maximum absolute atomic E-state index is 12.0. The number of nitrogens with one attached hydrogen (secondary N) is 1. The van der Waals surface area contributed by atoms with Gasteiger partial charge in [0.15, 0.2) is 0 Å². The number of carbonyl (C=O) groups is 1. The third-order valence-electron chi connectivity index (χ3n) is 3.43. The van der Waals surface area contributed by atoms with Crippen LogP contribution in [-0.4, -0.2) is 28.6 Å². The van der Waals surface area contributed by atoms with Gasteiger partial charge in [-0.15, -0.1) is 0 Å². The van der Waals surface area contributed by atoms with E-state index >= 15 is 0 Å². The Morgan fingerprint density at radius 3 is 3.12 bits per heavy atom. The summed E-state index contributed by atoms with van der Waals surface area (Å²) in [6, 6.07) is 3.78. The molecule has 2 unspecified atom stereocenters. The summed E-state index contributed by atoms with van der Waals surface area (Å²) in [4.78, 5) is 16.1. The summed E-state index contributed by atoms with van der Waals surface area (Å²) >= 11 is 0. The van der Waals surface area contributed by atoms with E-state index < -0.39 is 0 Å². The Bertz CT molecular complexity index is 406. The molecule has 1 aliphatic rings. The molecule has 0 spiro atoms. The predicted octanol–water partition coefficient (Wildman–Crippen LogP) is 1.28. The second-order valence-electron chi connectivity index (χ2n) is 4.62. The Balaban J connectivity index is 2.04. The molecule has 1 aromatic heterocycles. The van der Waals surface area contributed by atoms with Crippen molar-refractivity contribution in [2.24, 2.45) is 5.92 Å². The average Bonchev–Trinajstić information content (AvgIpc) is 2.76. The lowest BCUT2D eigenvalue weighted by Gasteiger charge is -2.19. The maximum atomic E-state index is 12.0. The van der Waals surface area contributed by atoms with Gasteiger partial charge in [-0.25, -0.2) is 0 Å². The van der Waals surface area contributed by atoms with Crippen LogP contribution in [0.5, 0.6) is 0 Å². The maximum Gasteiger partial charge on any atom is 0.270 e. The first-order chi connectivity index (χ1) is 8.22. The van der Waals surface area contributed by atoms with Crippen molar-refractivity contribution in [2.45, 2.75) is 32.2 Å². The fourth-order valence-electron chi connectivity index (χ4n) is 2.41. The lowest BCUT2D eigenvalue weighted by atomic mass is 10.0. The molecule has 92 valence electrons. The third kappa shape index (κ3) is 2.64. The van der Waals surface area contributed by atoms with E-state index in [1.165, 1.54) is 0 Å². The molecule has 2 atom stereocenters. The summed E-state index contributed by atoms with van der Waals surface area (Å²) in [6.07, 6.45) is 4.63. The number of rotatable bonds is 3. The number of nitrogens with zero attached hydrogens (tertiary/aromatic N) is 1. The zero-order chi connectivity index (χ0) is 12.3. The quantitative estimate of drug-likeness (QED) is 0.828. The number of amides is 1. The molecule has 17 heavy (non-hydrogen) atoms. The summed E-state index contributed by atoms with van der Waals surface area (Å²) in [7, 11) is 0. The molecule has 2 rings (SSSR count). The molecule has 1 aliphatic carbocycles. The molecule has 2 N–H and O–H groups in total. The monoisotopic (exact) mass is 234 g/mol. The van der Waals surface area contributed by atoms with E-state index in [2.05, 4.69) is 10.3 Å². The summed E-state index contributed by atoms with van der Waals surface area (Å²) < 4.78 is 0. The number of aryl methyl sites for hydroxylation is 1. The highest BCUT2D eigenvalue weighted by Gasteiger charge is 2.28. The molecule has 1 fully saturated rings. The highest BCUT2D eigenvalue weighted by molar-refractivity contribution is 5.93. The molecule has 0 saturated heterocycles. The van der Waals surface area contributed by atoms with Crippen LogP contribution < -0.4 is 5.32 Å². The van der Waals surface area contributed by atoms with Gasteiger partial charge in [-0.05, 0) is 31.4 Å². The van der Waals surface area contributed by atoms with Crippen LogP contribution in [0.1, 0.15) is 35.3 Å². The van der Waals surface area contributed by atoms with Crippen LogP contribution >= 0.6 is 0 Å². The van der Waals surface area contributed by atoms with Crippen LogP contribution in [0.4, 0.5) is 0 Å². The molecule has 0 bridgehead atoms. The van der Waals surface area contributed by atoms with Crippen LogP contribution in [-0.2, 0) is 0 Å². The van der Waals surface area contributed by atoms with Crippen molar-refractivity contribution < 1.29 is 9.90 Å². The van der Waals surface area contributed by atoms with Crippen molar-refractivity contribution in [1.29, 1.82) is 0 Å². The topological polar surface area (TPSA) is 62.2 Å². The summed E-state index contributed by atoms with van der Waals surface area (Å²) in [5.74, 6) is 0.0661. The minimum atomic E-state index is -0.131. The molecule has 4 heteroatoms. The Morgan fingerprint density at radius 1 is 1.59 bits per heavy atom. The van der Waals surface area contributed by atoms with Gasteiger partial charge in [0.25, 0.3) is 5.91 Å². The first-order valence-electron chi connectivity index (χ1n) is 6.05. The summed E-state index contributed by atoms with van der Waals surface area (Å²) in [5.41, 5.74) is 1.36. The minimum Gasteiger partial charge on any atom is -0.396 e. The van der Waals surface area contributed by atoms with Crippen molar-refractivity contribution in [1.82, 2.24) is 10.3 Å². The van der Waals surface area contributed by atoms with Crippen LogP contribution in [0.15, 0.2) is 18.3 Å². The number of aliphatic hydroxyl groups is 1. The number of aliphatic hydroxyl groups excluding tert-OH is 1. The second-order valence-corrected chi connectivity index (χ2v) is 4.62. The number of hydrogen-bond donors (Lipinski definition) is 2. The predicted molar refractivity (Wildman–Crippen MR) is 64.7 cm³/mol. The van der Waals surface area contributed by atoms with Gasteiger partial charge >= 0.3 is 0 Å². The highest BCUT2D eigenvalue weighted by atomic mass is 16.3. The molecule has 0 radical (unpaired) electrons. The number of pyridine rings is 1. The Labute approximate surface area is 101 Å². The van der Waals surface area contributed by atoms with E-state index in [9.17, 15) is 9.90 Å². The van der Waals surface area contributed by atoms with Crippen molar-refractivity contribution in [3.8, 4) is 0 Å². The van der Waals surface area contributed by atoms with Gasteiger partial charge in [0, 0.05) is 24.8 Å². The van der Waals surface area contributed by atoms with Gasteiger partial charge in [-0.1, -0.05) is 12.5 Å². The molecule has 0 aliphatic heterocycles. The number of carbonyl (C=O) groups excluding carboxylic acids is 1. The van der Waals surface area contributed by atoms with Gasteiger partial charge in [-0.2, -0.15) is 0 Å². The number of hydrogen-bond acceptors (Lipinski definition) is 3. The third-order valence-corrected chi connectivity index (χ3v) is 3.43. The van der Waals surface area contributed by atoms with E-state index in [1.54, 1.807) is 6.20 Å². The smallest absolute Gasteiger partial charge is 0.270 e. The molecule has 0 aromatic carbocycles. The lowest BCUT2D eigenvalue weighted by molar-refractivity contribution is 0.0910. The zero-order valence-electron chi connectivity index (χ0n) is 10.0. The fraction of sp³-hybridized carbons (Fsp3) is 0.538. The van der Waals surface area contributed by atoms with E-state index in [-0.39, 0.29) is 24.5 Å². The van der Waals surface area contributed by atoms with E-state index in [0.29, 0.717) is 5.69 Å². The molecular weight excluding hydrogens is 216 g/mol. The summed E-state index contributed by atoms with van der Waals surface area (Å²) in [6.45, 7) is 2.02. The van der Waals surface area contributed by atoms with Gasteiger partial charge in [0.05, 0.1) is 0 Å². The normalized spacial score (nSPS) is 23.6. The second kappa shape index (κ2) is 5.27.